The minimum atomic E-state index is -0.768. The molecule has 37 heavy (non-hydrogen) atoms. The summed E-state index contributed by atoms with van der Waals surface area (Å²) < 4.78 is 5.19. The predicted octanol–water partition coefficient (Wildman–Crippen LogP) is 3.93. The normalized spacial score (nSPS) is 19.3. The molecule has 2 aliphatic rings. The third-order valence-corrected chi connectivity index (χ3v) is 8.63. The smallest absolute Gasteiger partial charge is 0.256 e. The summed E-state index contributed by atoms with van der Waals surface area (Å²) in [6.45, 7) is 5.90. The lowest BCUT2D eigenvalue weighted by Gasteiger charge is -2.31. The average molecular weight is 550 g/mol. The molecule has 1 aromatic rings. The second kappa shape index (κ2) is 14.1. The van der Waals surface area contributed by atoms with E-state index >= 15 is 0 Å². The summed E-state index contributed by atoms with van der Waals surface area (Å²) in [7, 11) is 1.61. The molecular formula is C27H39N3O5S2. The summed E-state index contributed by atoms with van der Waals surface area (Å²) in [6.07, 6.45) is 6.29. The number of carbonyl (C=O) groups is 2. The first-order valence-electron chi connectivity index (χ1n) is 12.8. The lowest BCUT2D eigenvalue weighted by atomic mass is 9.91. The van der Waals surface area contributed by atoms with Gasteiger partial charge in [0, 0.05) is 18.1 Å². The number of benzene rings is 1. The molecule has 3 rings (SSSR count). The molecular weight excluding hydrogens is 510 g/mol. The highest BCUT2D eigenvalue weighted by atomic mass is 32.2. The molecule has 2 fully saturated rings. The zero-order valence-electron chi connectivity index (χ0n) is 22.2. The Bertz CT molecular complexity index is 954. The van der Waals surface area contributed by atoms with Gasteiger partial charge in [0.25, 0.3) is 5.91 Å². The Morgan fingerprint density at radius 1 is 1.19 bits per heavy atom. The Morgan fingerprint density at radius 2 is 1.89 bits per heavy atom. The maximum atomic E-state index is 13.3. The van der Waals surface area contributed by atoms with Crippen LogP contribution in [-0.4, -0.2) is 64.2 Å². The lowest BCUT2D eigenvalue weighted by Crippen LogP contribution is -2.53. The van der Waals surface area contributed by atoms with Gasteiger partial charge in [0.1, 0.15) is 23.4 Å². The fraction of sp³-hybridized carbons (Fsp3) is 0.630. The minimum Gasteiger partial charge on any atom is -0.497 e. The quantitative estimate of drug-likeness (QED) is 0.401. The van der Waals surface area contributed by atoms with Gasteiger partial charge in [-0.25, -0.2) is 9.86 Å². The molecule has 1 unspecified atom stereocenters. The summed E-state index contributed by atoms with van der Waals surface area (Å²) in [6, 6.07) is 6.78. The molecule has 2 amide bonds. The Balaban J connectivity index is 1.65. The van der Waals surface area contributed by atoms with Gasteiger partial charge in [-0.15, -0.1) is 11.8 Å². The number of carbonyl (C=O) groups excluding carboxylic acids is 3. The largest absolute Gasteiger partial charge is 0.497 e. The summed E-state index contributed by atoms with van der Waals surface area (Å²) in [4.78, 5) is 43.9. The second-order valence-electron chi connectivity index (χ2n) is 10.4. The SMILES string of the molecule is COc1ccc(CNC(=O)[C@H](CSCC2CCCCC2)NC(=O)C2SCC(=C=O)N2OC(C)(C)C)cc1. The maximum absolute atomic E-state index is 13.3. The van der Waals surface area contributed by atoms with E-state index in [-0.39, 0.29) is 17.5 Å². The van der Waals surface area contributed by atoms with Gasteiger partial charge in [0.05, 0.1) is 12.7 Å². The van der Waals surface area contributed by atoms with Gasteiger partial charge in [0.2, 0.25) is 5.91 Å². The van der Waals surface area contributed by atoms with Crippen LogP contribution in [0.1, 0.15) is 58.4 Å². The topological polar surface area (TPSA) is 97.0 Å². The zero-order chi connectivity index (χ0) is 26.8. The van der Waals surface area contributed by atoms with Crippen molar-refractivity contribution in [1.29, 1.82) is 0 Å². The van der Waals surface area contributed by atoms with E-state index in [1.807, 2.05) is 51.0 Å². The molecule has 1 heterocycles. The van der Waals surface area contributed by atoms with Crippen molar-refractivity contribution in [3.05, 3.63) is 35.5 Å². The number of thioether (sulfide) groups is 2. The van der Waals surface area contributed by atoms with Gasteiger partial charge in [-0.05, 0) is 63.0 Å². The number of hydrogen-bond donors (Lipinski definition) is 2. The van der Waals surface area contributed by atoms with Crippen molar-refractivity contribution in [2.24, 2.45) is 5.92 Å². The highest BCUT2D eigenvalue weighted by Crippen LogP contribution is 2.33. The van der Waals surface area contributed by atoms with Crippen molar-refractivity contribution in [2.45, 2.75) is 76.4 Å². The van der Waals surface area contributed by atoms with E-state index in [0.717, 1.165) is 17.1 Å². The van der Waals surface area contributed by atoms with Crippen molar-refractivity contribution in [1.82, 2.24) is 15.7 Å². The zero-order valence-corrected chi connectivity index (χ0v) is 23.8. The number of hydroxylamine groups is 2. The number of methoxy groups -OCH3 is 1. The van der Waals surface area contributed by atoms with Crippen LogP contribution in [-0.2, 0) is 25.8 Å². The molecule has 1 saturated carbocycles. The fourth-order valence-electron chi connectivity index (χ4n) is 4.27. The van der Waals surface area contributed by atoms with E-state index in [4.69, 9.17) is 9.57 Å². The van der Waals surface area contributed by atoms with Crippen LogP contribution >= 0.6 is 23.5 Å². The van der Waals surface area contributed by atoms with Gasteiger partial charge in [0.15, 0.2) is 5.37 Å². The van der Waals surface area contributed by atoms with Crippen LogP contribution in [0, 0.1) is 5.92 Å². The standard InChI is InChI=1S/C27H39N3O5S2/c1-27(2,3)35-30-21(15-31)17-37-26(30)25(33)29-23(18-36-16-20-8-6-5-7-9-20)24(32)28-14-19-10-12-22(34-4)13-11-19/h10-13,20,23,26H,5-9,14,16-18H2,1-4H3,(H,28,32)(H,29,33)/t23-,26?/m0/s1. The molecule has 1 saturated heterocycles. The van der Waals surface area contributed by atoms with Crippen molar-refractivity contribution < 1.29 is 24.0 Å². The van der Waals surface area contributed by atoms with E-state index in [1.165, 1.54) is 48.9 Å². The van der Waals surface area contributed by atoms with Crippen molar-refractivity contribution in [2.75, 3.05) is 24.4 Å². The lowest BCUT2D eigenvalue weighted by molar-refractivity contribution is -0.209. The molecule has 1 aliphatic carbocycles. The van der Waals surface area contributed by atoms with E-state index < -0.39 is 17.0 Å². The molecule has 0 bridgehead atoms. The Morgan fingerprint density at radius 3 is 2.51 bits per heavy atom. The maximum Gasteiger partial charge on any atom is 0.256 e. The summed E-state index contributed by atoms with van der Waals surface area (Å²) >= 11 is 3.00. The second-order valence-corrected chi connectivity index (χ2v) is 12.6. The number of rotatable bonds is 11. The molecule has 204 valence electrons. The molecule has 0 spiro atoms. The monoisotopic (exact) mass is 549 g/mol. The highest BCUT2D eigenvalue weighted by Gasteiger charge is 2.40. The van der Waals surface area contributed by atoms with E-state index in [2.05, 4.69) is 10.6 Å². The molecule has 1 aromatic carbocycles. The first-order chi connectivity index (χ1) is 17.7. The molecule has 1 aliphatic heterocycles. The van der Waals surface area contributed by atoms with Gasteiger partial charge in [-0.2, -0.15) is 11.8 Å². The van der Waals surface area contributed by atoms with Gasteiger partial charge >= 0.3 is 0 Å². The first-order valence-corrected chi connectivity index (χ1v) is 15.0. The predicted molar refractivity (Wildman–Crippen MR) is 149 cm³/mol. The van der Waals surface area contributed by atoms with Crippen LogP contribution in [0.2, 0.25) is 0 Å². The summed E-state index contributed by atoms with van der Waals surface area (Å²) in [5, 5.41) is 6.47. The molecule has 0 radical (unpaired) electrons. The molecule has 2 atom stereocenters. The molecule has 10 heteroatoms. The summed E-state index contributed by atoms with van der Waals surface area (Å²) in [5.41, 5.74) is 0.620. The third-order valence-electron chi connectivity index (χ3n) is 6.19. The van der Waals surface area contributed by atoms with E-state index in [1.54, 1.807) is 18.9 Å². The Kier molecular flexibility index (Phi) is 11.2. The number of hydrogen-bond acceptors (Lipinski definition) is 8. The fourth-order valence-corrected chi connectivity index (χ4v) is 6.57. The summed E-state index contributed by atoms with van der Waals surface area (Å²) in [5.74, 6) is 4.49. The Labute approximate surface area is 228 Å². The Hall–Kier alpha value is -2.13. The minimum absolute atomic E-state index is 0.238. The van der Waals surface area contributed by atoms with Crippen LogP contribution in [0.25, 0.3) is 0 Å². The number of nitrogens with zero attached hydrogens (tertiary/aromatic N) is 1. The first kappa shape index (κ1) is 29.4. The van der Waals surface area contributed by atoms with Crippen LogP contribution in [0.15, 0.2) is 30.0 Å². The average Bonchev–Trinajstić information content (AvgIpc) is 3.28. The van der Waals surface area contributed by atoms with E-state index in [0.29, 0.717) is 24.0 Å². The van der Waals surface area contributed by atoms with E-state index in [9.17, 15) is 14.4 Å². The van der Waals surface area contributed by atoms with Gasteiger partial charge in [-0.3, -0.25) is 14.4 Å². The van der Waals surface area contributed by atoms with Gasteiger partial charge < -0.3 is 15.4 Å². The molecule has 0 aromatic heterocycles. The van der Waals surface area contributed by atoms with Crippen LogP contribution < -0.4 is 15.4 Å². The number of amides is 2. The molecule has 8 nitrogen and oxygen atoms in total. The highest BCUT2D eigenvalue weighted by molar-refractivity contribution is 8.01. The molecule has 2 N–H and O–H groups in total. The van der Waals surface area contributed by atoms with Crippen LogP contribution in [0.5, 0.6) is 5.75 Å². The van der Waals surface area contributed by atoms with Crippen molar-refractivity contribution in [3.63, 3.8) is 0 Å². The number of nitrogens with one attached hydrogen (secondary N) is 2. The third kappa shape index (κ3) is 9.28. The van der Waals surface area contributed by atoms with Crippen molar-refractivity contribution >= 4 is 41.3 Å². The van der Waals surface area contributed by atoms with Crippen LogP contribution in [0.4, 0.5) is 0 Å². The van der Waals surface area contributed by atoms with Crippen LogP contribution in [0.3, 0.4) is 0 Å². The van der Waals surface area contributed by atoms with Crippen molar-refractivity contribution in [3.8, 4) is 5.75 Å². The van der Waals surface area contributed by atoms with Gasteiger partial charge in [-0.1, -0.05) is 31.4 Å². The number of ether oxygens (including phenoxy) is 1.